The Balaban J connectivity index is 2.45. The fourth-order valence-corrected chi connectivity index (χ4v) is 0.861. The van der Waals surface area contributed by atoms with E-state index in [2.05, 4.69) is 4.74 Å². The van der Waals surface area contributed by atoms with E-state index in [0.29, 0.717) is 0 Å². The molecule has 1 rings (SSSR count). The molecule has 11 heavy (non-hydrogen) atoms. The smallest absolute Gasteiger partial charge is 0.339 e. The van der Waals surface area contributed by atoms with Crippen LogP contribution in [0.1, 0.15) is 6.92 Å². The average Bonchev–Trinajstić information content (AvgIpc) is 1.98. The fourth-order valence-electron chi connectivity index (χ4n) is 0.861. The number of hydrogen-bond acceptors (Lipinski definition) is 5. The number of carbonyl (C=O) groups is 1. The Morgan fingerprint density at radius 2 is 2.09 bits per heavy atom. The SMILES string of the molecule is C[C@@H](O)[C@H](O)[C@H]1OC(=O)[C@H]1O. The summed E-state index contributed by atoms with van der Waals surface area (Å²) in [5.41, 5.74) is 0. The zero-order valence-electron chi connectivity index (χ0n) is 5.97. The van der Waals surface area contributed by atoms with Gasteiger partial charge >= 0.3 is 5.97 Å². The molecule has 4 atom stereocenters. The summed E-state index contributed by atoms with van der Waals surface area (Å²) in [5, 5.41) is 26.7. The normalized spacial score (nSPS) is 35.5. The lowest BCUT2D eigenvalue weighted by atomic mass is 10.00. The molecule has 64 valence electrons. The van der Waals surface area contributed by atoms with Gasteiger partial charge in [0.25, 0.3) is 0 Å². The molecule has 1 heterocycles. The van der Waals surface area contributed by atoms with Gasteiger partial charge in [-0.05, 0) is 6.92 Å². The Hall–Kier alpha value is -0.650. The van der Waals surface area contributed by atoms with Gasteiger partial charge in [-0.15, -0.1) is 0 Å². The summed E-state index contributed by atoms with van der Waals surface area (Å²) in [5.74, 6) is -0.755. The van der Waals surface area contributed by atoms with Crippen LogP contribution in [0.15, 0.2) is 0 Å². The summed E-state index contributed by atoms with van der Waals surface area (Å²) in [6.07, 6.45) is -4.48. The Morgan fingerprint density at radius 3 is 2.36 bits per heavy atom. The molecule has 0 unspecified atom stereocenters. The quantitative estimate of drug-likeness (QED) is 0.409. The Labute approximate surface area is 63.2 Å². The highest BCUT2D eigenvalue weighted by atomic mass is 16.6. The van der Waals surface area contributed by atoms with Crippen molar-refractivity contribution in [2.24, 2.45) is 0 Å². The van der Waals surface area contributed by atoms with Crippen LogP contribution in [0.2, 0.25) is 0 Å². The van der Waals surface area contributed by atoms with Crippen molar-refractivity contribution in [1.82, 2.24) is 0 Å². The predicted octanol–water partition coefficient (Wildman–Crippen LogP) is -1.99. The van der Waals surface area contributed by atoms with E-state index < -0.39 is 30.4 Å². The zero-order valence-corrected chi connectivity index (χ0v) is 5.97. The van der Waals surface area contributed by atoms with Gasteiger partial charge in [0.2, 0.25) is 0 Å². The van der Waals surface area contributed by atoms with E-state index in [1.54, 1.807) is 0 Å². The highest BCUT2D eigenvalue weighted by Gasteiger charge is 2.46. The van der Waals surface area contributed by atoms with Gasteiger partial charge in [-0.1, -0.05) is 0 Å². The first kappa shape index (κ1) is 8.45. The number of carbonyl (C=O) groups excluding carboxylic acids is 1. The summed E-state index contributed by atoms with van der Waals surface area (Å²) in [4.78, 5) is 10.3. The number of cyclic esters (lactones) is 1. The lowest BCUT2D eigenvalue weighted by Gasteiger charge is -2.35. The third kappa shape index (κ3) is 1.35. The maximum atomic E-state index is 10.3. The van der Waals surface area contributed by atoms with Gasteiger partial charge in [0.05, 0.1) is 6.10 Å². The molecular formula is C6H10O5. The number of ether oxygens (including phenoxy) is 1. The molecule has 0 aromatic carbocycles. The molecule has 0 spiro atoms. The van der Waals surface area contributed by atoms with E-state index in [1.165, 1.54) is 6.92 Å². The van der Waals surface area contributed by atoms with Gasteiger partial charge in [0.15, 0.2) is 12.2 Å². The van der Waals surface area contributed by atoms with Crippen molar-refractivity contribution in [3.8, 4) is 0 Å². The topological polar surface area (TPSA) is 87.0 Å². The number of rotatable bonds is 2. The van der Waals surface area contributed by atoms with Crippen molar-refractivity contribution < 1.29 is 24.9 Å². The molecule has 0 bridgehead atoms. The van der Waals surface area contributed by atoms with Gasteiger partial charge in [-0.3, -0.25) is 0 Å². The van der Waals surface area contributed by atoms with Gasteiger partial charge < -0.3 is 20.1 Å². The van der Waals surface area contributed by atoms with E-state index in [-0.39, 0.29) is 0 Å². The first-order valence-corrected chi connectivity index (χ1v) is 3.28. The van der Waals surface area contributed by atoms with Crippen LogP contribution in [0.25, 0.3) is 0 Å². The van der Waals surface area contributed by atoms with Crippen molar-refractivity contribution in [2.45, 2.75) is 31.3 Å². The van der Waals surface area contributed by atoms with Gasteiger partial charge in [0.1, 0.15) is 6.10 Å². The Bertz CT molecular complexity index is 166. The Morgan fingerprint density at radius 1 is 1.55 bits per heavy atom. The van der Waals surface area contributed by atoms with E-state index in [9.17, 15) is 4.79 Å². The lowest BCUT2D eigenvalue weighted by molar-refractivity contribution is -0.219. The Kier molecular flexibility index (Phi) is 2.12. The van der Waals surface area contributed by atoms with Crippen LogP contribution in [0, 0.1) is 0 Å². The fraction of sp³-hybridized carbons (Fsp3) is 0.833. The molecule has 0 radical (unpaired) electrons. The van der Waals surface area contributed by atoms with Crippen LogP contribution in [0.4, 0.5) is 0 Å². The van der Waals surface area contributed by atoms with Crippen LogP contribution >= 0.6 is 0 Å². The molecular weight excluding hydrogens is 152 g/mol. The molecule has 0 amide bonds. The van der Waals surface area contributed by atoms with E-state index >= 15 is 0 Å². The molecule has 1 fully saturated rings. The molecule has 0 aromatic rings. The second kappa shape index (κ2) is 2.77. The maximum Gasteiger partial charge on any atom is 0.339 e. The van der Waals surface area contributed by atoms with E-state index in [1.807, 2.05) is 0 Å². The second-order valence-electron chi connectivity index (χ2n) is 2.58. The van der Waals surface area contributed by atoms with Crippen molar-refractivity contribution in [3.05, 3.63) is 0 Å². The van der Waals surface area contributed by atoms with Crippen LogP contribution in [0.5, 0.6) is 0 Å². The molecule has 3 N–H and O–H groups in total. The second-order valence-corrected chi connectivity index (χ2v) is 2.58. The van der Waals surface area contributed by atoms with Crippen molar-refractivity contribution in [1.29, 1.82) is 0 Å². The molecule has 1 aliphatic heterocycles. The molecule has 0 aliphatic carbocycles. The molecule has 5 nitrogen and oxygen atoms in total. The summed E-state index contributed by atoms with van der Waals surface area (Å²) in [7, 11) is 0. The third-order valence-electron chi connectivity index (χ3n) is 1.64. The monoisotopic (exact) mass is 162 g/mol. The number of esters is 1. The first-order chi connectivity index (χ1) is 5.04. The molecule has 0 aromatic heterocycles. The minimum absolute atomic E-state index is 0.755. The van der Waals surface area contributed by atoms with Gasteiger partial charge in [-0.25, -0.2) is 4.79 Å². The molecule has 1 aliphatic rings. The highest BCUT2D eigenvalue weighted by Crippen LogP contribution is 2.19. The van der Waals surface area contributed by atoms with Gasteiger partial charge in [-0.2, -0.15) is 0 Å². The summed E-state index contributed by atoms with van der Waals surface area (Å²) < 4.78 is 4.38. The standard InChI is InChI=1S/C6H10O5/c1-2(7)3(8)5-4(9)6(10)11-5/h2-5,7-9H,1H3/t2-,3+,4+,5-/m1/s1. The minimum Gasteiger partial charge on any atom is -0.454 e. The predicted molar refractivity (Wildman–Crippen MR) is 33.6 cm³/mol. The van der Waals surface area contributed by atoms with Crippen LogP contribution in [-0.2, 0) is 9.53 Å². The number of aliphatic hydroxyl groups excluding tert-OH is 3. The summed E-state index contributed by atoms with van der Waals surface area (Å²) in [6.45, 7) is 1.35. The molecule has 1 saturated heterocycles. The highest BCUT2D eigenvalue weighted by molar-refractivity contribution is 5.80. The number of aliphatic hydroxyl groups is 3. The van der Waals surface area contributed by atoms with Crippen molar-refractivity contribution >= 4 is 5.97 Å². The van der Waals surface area contributed by atoms with Crippen LogP contribution < -0.4 is 0 Å². The van der Waals surface area contributed by atoms with E-state index in [0.717, 1.165) is 0 Å². The van der Waals surface area contributed by atoms with Crippen molar-refractivity contribution in [2.75, 3.05) is 0 Å². The lowest BCUT2D eigenvalue weighted by Crippen LogP contribution is -2.58. The van der Waals surface area contributed by atoms with Gasteiger partial charge in [0, 0.05) is 0 Å². The summed E-state index contributed by atoms with van der Waals surface area (Å²) in [6, 6.07) is 0. The van der Waals surface area contributed by atoms with E-state index in [4.69, 9.17) is 15.3 Å². The third-order valence-corrected chi connectivity index (χ3v) is 1.64. The van der Waals surface area contributed by atoms with Crippen molar-refractivity contribution in [3.63, 3.8) is 0 Å². The number of hydrogen-bond donors (Lipinski definition) is 3. The zero-order chi connectivity index (χ0) is 8.59. The van der Waals surface area contributed by atoms with Crippen LogP contribution in [-0.4, -0.2) is 45.7 Å². The maximum absolute atomic E-state index is 10.3. The minimum atomic E-state index is -1.29. The van der Waals surface area contributed by atoms with Crippen LogP contribution in [0.3, 0.4) is 0 Å². The first-order valence-electron chi connectivity index (χ1n) is 3.28. The average molecular weight is 162 g/mol. The molecule has 5 heteroatoms. The molecule has 0 saturated carbocycles. The summed E-state index contributed by atoms with van der Waals surface area (Å²) >= 11 is 0. The largest absolute Gasteiger partial charge is 0.454 e.